The molecule has 1 aromatic carbocycles. The van der Waals surface area contributed by atoms with Crippen LogP contribution in [-0.2, 0) is 9.59 Å². The fourth-order valence-corrected chi connectivity index (χ4v) is 2.91. The van der Waals surface area contributed by atoms with Gasteiger partial charge in [-0.3, -0.25) is 19.0 Å². The summed E-state index contributed by atoms with van der Waals surface area (Å²) in [7, 11) is 1.54. The first-order valence-electron chi connectivity index (χ1n) is 7.74. The van der Waals surface area contributed by atoms with Crippen LogP contribution >= 0.6 is 0 Å². The molecule has 0 aliphatic heterocycles. The van der Waals surface area contributed by atoms with Crippen LogP contribution in [0.15, 0.2) is 16.9 Å². The summed E-state index contributed by atoms with van der Waals surface area (Å²) in [4.78, 5) is 40.9. The molecule has 1 N–H and O–H groups in total. The van der Waals surface area contributed by atoms with Crippen molar-refractivity contribution in [1.29, 1.82) is 0 Å². The second-order valence-electron chi connectivity index (χ2n) is 5.48. The summed E-state index contributed by atoms with van der Waals surface area (Å²) < 4.78 is 23.2. The maximum Gasteiger partial charge on any atom is 0.264 e. The summed E-state index contributed by atoms with van der Waals surface area (Å²) in [5.41, 5.74) is -0.209. The molecular weight excluding hydrogens is 301 g/mol. The third-order valence-electron chi connectivity index (χ3n) is 3.96. The number of aromatic nitrogens is 2. The number of halogens is 1. The number of hydrogen-bond acceptors (Lipinski definition) is 5. The molecule has 0 spiro atoms. The number of carbonyl (C=O) groups is 2. The van der Waals surface area contributed by atoms with Crippen molar-refractivity contribution in [2.24, 2.45) is 0 Å². The molecule has 0 bridgehead atoms. The highest BCUT2D eigenvalue weighted by Crippen LogP contribution is 2.26. The van der Waals surface area contributed by atoms with Gasteiger partial charge in [-0.25, -0.2) is 9.37 Å². The van der Waals surface area contributed by atoms with Crippen LogP contribution in [0.1, 0.15) is 32.5 Å². The zero-order valence-corrected chi connectivity index (χ0v) is 12.8. The first kappa shape index (κ1) is 14.0. The zero-order chi connectivity index (χ0) is 17.6. The molecule has 1 aliphatic carbocycles. The van der Waals surface area contributed by atoms with Crippen LogP contribution in [0.2, 0.25) is 0 Å². The molecule has 1 saturated carbocycles. The number of hydrogen-bond donors (Lipinski definition) is 1. The van der Waals surface area contributed by atoms with Gasteiger partial charge in [-0.05, 0) is 19.4 Å². The number of Topliss-reactive ketones (excluding diaryl/α,β-unsaturated/α-hetero) is 2. The Hall–Kier alpha value is -2.57. The van der Waals surface area contributed by atoms with Crippen molar-refractivity contribution in [3.8, 4) is 0 Å². The molecule has 6 nitrogen and oxygen atoms in total. The number of fused-ring (bicyclic) bond motifs is 1. The van der Waals surface area contributed by atoms with Crippen LogP contribution in [-0.4, -0.2) is 28.2 Å². The summed E-state index contributed by atoms with van der Waals surface area (Å²) in [6.45, 7) is 1.49. The van der Waals surface area contributed by atoms with E-state index in [4.69, 9.17) is 1.37 Å². The van der Waals surface area contributed by atoms with Crippen molar-refractivity contribution in [3.63, 3.8) is 0 Å². The van der Waals surface area contributed by atoms with Crippen LogP contribution in [0.3, 0.4) is 0 Å². The van der Waals surface area contributed by atoms with Gasteiger partial charge in [-0.1, -0.05) is 0 Å². The van der Waals surface area contributed by atoms with Crippen LogP contribution < -0.4 is 10.9 Å². The molecule has 23 heavy (non-hydrogen) atoms. The number of nitrogens with zero attached hydrogens (tertiary/aromatic N) is 2. The van der Waals surface area contributed by atoms with Gasteiger partial charge < -0.3 is 5.32 Å². The predicted molar refractivity (Wildman–Crippen MR) is 83.1 cm³/mol. The first-order valence-corrected chi connectivity index (χ1v) is 7.24. The lowest BCUT2D eigenvalue weighted by molar-refractivity contribution is -0.132. The van der Waals surface area contributed by atoms with Crippen LogP contribution in [0.25, 0.3) is 10.9 Å². The third kappa shape index (κ3) is 2.52. The summed E-state index contributed by atoms with van der Waals surface area (Å²) >= 11 is 0. The number of carbonyl (C=O) groups excluding carboxylic acids is 2. The van der Waals surface area contributed by atoms with E-state index in [9.17, 15) is 18.8 Å². The second-order valence-corrected chi connectivity index (χ2v) is 5.48. The maximum atomic E-state index is 13.7. The Labute approximate surface area is 132 Å². The largest absolute Gasteiger partial charge is 0.387 e. The van der Waals surface area contributed by atoms with E-state index in [1.807, 2.05) is 0 Å². The standard InChI is InChI=1S/C16H16FN3O3/c1-8-19-12-6-9(17)5-11(18-2)15(12)16(23)20(8)13-4-3-10(21)7-14(13)22/h5-6,13,18H,3-4,7H2,1-2H3/i13D. The first-order chi connectivity index (χ1) is 11.3. The number of rotatable bonds is 2. The van der Waals surface area contributed by atoms with Crippen molar-refractivity contribution in [3.05, 3.63) is 34.1 Å². The fourth-order valence-electron chi connectivity index (χ4n) is 2.91. The van der Waals surface area contributed by atoms with Crippen LogP contribution in [0, 0.1) is 12.7 Å². The number of ketones is 2. The lowest BCUT2D eigenvalue weighted by Crippen LogP contribution is -2.36. The van der Waals surface area contributed by atoms with Gasteiger partial charge >= 0.3 is 0 Å². The van der Waals surface area contributed by atoms with Crippen LogP contribution in [0.4, 0.5) is 10.1 Å². The Kier molecular flexibility index (Phi) is 3.40. The lowest BCUT2D eigenvalue weighted by atomic mass is 9.92. The fraction of sp³-hybridized carbons (Fsp3) is 0.375. The summed E-state index contributed by atoms with van der Waals surface area (Å²) in [5, 5.41) is 2.85. The van der Waals surface area contributed by atoms with Gasteiger partial charge in [0.2, 0.25) is 0 Å². The predicted octanol–water partition coefficient (Wildman–Crippen LogP) is 1.75. The Balaban J connectivity index is 2.34. The number of benzene rings is 1. The van der Waals surface area contributed by atoms with Crippen molar-refractivity contribution in [1.82, 2.24) is 9.55 Å². The van der Waals surface area contributed by atoms with Gasteiger partial charge in [-0.2, -0.15) is 0 Å². The average molecular weight is 318 g/mol. The highest BCUT2D eigenvalue weighted by molar-refractivity contribution is 6.03. The lowest BCUT2D eigenvalue weighted by Gasteiger charge is -2.24. The molecule has 0 radical (unpaired) electrons. The summed E-state index contributed by atoms with van der Waals surface area (Å²) in [6.07, 6.45) is -0.383. The smallest absolute Gasteiger partial charge is 0.264 e. The van der Waals surface area contributed by atoms with Crippen molar-refractivity contribution in [2.75, 3.05) is 12.4 Å². The molecule has 120 valence electrons. The molecular formula is C16H16FN3O3. The molecule has 2 aromatic rings. The minimum Gasteiger partial charge on any atom is -0.387 e. The minimum atomic E-state index is -1.87. The van der Waals surface area contributed by atoms with E-state index in [0.29, 0.717) is 0 Å². The van der Waals surface area contributed by atoms with Gasteiger partial charge in [-0.15, -0.1) is 0 Å². The molecule has 0 amide bonds. The van der Waals surface area contributed by atoms with E-state index in [2.05, 4.69) is 10.3 Å². The molecule has 3 rings (SSSR count). The van der Waals surface area contributed by atoms with E-state index in [-0.39, 0.29) is 47.5 Å². The Morgan fingerprint density at radius 2 is 2.13 bits per heavy atom. The molecule has 1 fully saturated rings. The van der Waals surface area contributed by atoms with Gasteiger partial charge in [0.1, 0.15) is 17.4 Å². The Morgan fingerprint density at radius 1 is 1.39 bits per heavy atom. The van der Waals surface area contributed by atoms with Crippen molar-refractivity contribution in [2.45, 2.75) is 32.2 Å². The van der Waals surface area contributed by atoms with Gasteiger partial charge in [0.25, 0.3) is 5.56 Å². The topological polar surface area (TPSA) is 81.1 Å². The minimum absolute atomic E-state index is 0.0570. The highest BCUT2D eigenvalue weighted by atomic mass is 19.1. The number of aryl methyl sites for hydroxylation is 1. The normalized spacial score (nSPS) is 22.3. The molecule has 1 unspecified atom stereocenters. The molecule has 0 saturated heterocycles. The summed E-state index contributed by atoms with van der Waals surface area (Å²) in [5.74, 6) is -1.27. The van der Waals surface area contributed by atoms with E-state index in [0.717, 1.165) is 16.7 Å². The van der Waals surface area contributed by atoms with Crippen LogP contribution in [0.5, 0.6) is 0 Å². The summed E-state index contributed by atoms with van der Waals surface area (Å²) in [6, 6.07) is 0.432. The number of nitrogens with one attached hydrogen (secondary N) is 1. The maximum absolute atomic E-state index is 13.7. The molecule has 1 aromatic heterocycles. The Bertz CT molecular complexity index is 940. The quantitative estimate of drug-likeness (QED) is 0.853. The molecule has 1 aliphatic rings. The van der Waals surface area contributed by atoms with E-state index >= 15 is 0 Å². The van der Waals surface area contributed by atoms with Gasteiger partial charge in [0.05, 0.1) is 30.4 Å². The molecule has 1 atom stereocenters. The SMILES string of the molecule is [2H]C1(n2c(C)nc3cc(F)cc(NC)c3c2=O)CCC(=O)CC1=O. The van der Waals surface area contributed by atoms with E-state index in [1.54, 1.807) is 7.05 Å². The number of anilines is 1. The average Bonchev–Trinajstić information content (AvgIpc) is 2.50. The highest BCUT2D eigenvalue weighted by Gasteiger charge is 2.31. The van der Waals surface area contributed by atoms with Crippen molar-refractivity contribution < 1.29 is 15.4 Å². The monoisotopic (exact) mass is 318 g/mol. The van der Waals surface area contributed by atoms with E-state index in [1.165, 1.54) is 6.92 Å². The second kappa shape index (κ2) is 5.57. The van der Waals surface area contributed by atoms with Gasteiger partial charge in [0.15, 0.2) is 5.78 Å². The van der Waals surface area contributed by atoms with Gasteiger partial charge in [0, 0.05) is 19.5 Å². The Morgan fingerprint density at radius 3 is 2.78 bits per heavy atom. The zero-order valence-electron chi connectivity index (χ0n) is 13.8. The molecule has 1 heterocycles. The van der Waals surface area contributed by atoms with Crippen molar-refractivity contribution >= 4 is 28.2 Å². The third-order valence-corrected chi connectivity index (χ3v) is 3.96. The molecule has 7 heteroatoms. The van der Waals surface area contributed by atoms with E-state index < -0.39 is 23.2 Å².